The SMILES string of the molecule is Cc1ccc(Nc2nc(Cl)nc(NCCCc3ccc4c(c3)Oc3c(c(Cl)c5oc6c(S(=O)(=O)O)c(=NCCCc7nc(Cl)nc(Cc8ccccc8)n7)ccc-6nc5c3Cl)N4)n2)c(S(=O)(=O)O)c1. The molecule has 5 N–H and O–H groups in total. The quantitative estimate of drug-likeness (QED) is 0.0363. The van der Waals surface area contributed by atoms with Crippen molar-refractivity contribution in [2.75, 3.05) is 29.0 Å². The van der Waals surface area contributed by atoms with E-state index in [4.69, 9.17) is 55.6 Å². The molecule has 0 bridgehead atoms. The van der Waals surface area contributed by atoms with Crippen molar-refractivity contribution in [3.05, 3.63) is 133 Å². The lowest BCUT2D eigenvalue weighted by Gasteiger charge is -2.25. The summed E-state index contributed by atoms with van der Waals surface area (Å²) >= 11 is 26.2. The molecule has 0 amide bonds. The van der Waals surface area contributed by atoms with E-state index in [-0.39, 0.29) is 89.0 Å². The first-order valence-corrected chi connectivity index (χ1v) is 25.1. The molecule has 6 aromatic rings. The first kappa shape index (κ1) is 47.8. The molecule has 0 atom stereocenters. The zero-order valence-corrected chi connectivity index (χ0v) is 40.4. The molecule has 19 nitrogen and oxygen atoms in total. The molecule has 4 heterocycles. The van der Waals surface area contributed by atoms with E-state index < -0.39 is 25.1 Å². The van der Waals surface area contributed by atoms with Gasteiger partial charge in [-0.3, -0.25) is 14.1 Å². The molecule has 3 aliphatic rings. The van der Waals surface area contributed by atoms with E-state index in [1.807, 2.05) is 42.5 Å². The smallest absolute Gasteiger partial charge is 0.300 e. The number of nitrogens with one attached hydrogen (secondary N) is 3. The lowest BCUT2D eigenvalue weighted by atomic mass is 10.1. The number of ether oxygens (including phenoxy) is 1. The highest BCUT2D eigenvalue weighted by Crippen LogP contribution is 2.53. The van der Waals surface area contributed by atoms with Crippen LogP contribution in [0.2, 0.25) is 20.6 Å². The van der Waals surface area contributed by atoms with Crippen molar-refractivity contribution >= 4 is 107 Å². The number of rotatable bonds is 15. The number of benzene rings is 5. The zero-order chi connectivity index (χ0) is 48.6. The van der Waals surface area contributed by atoms with Crippen LogP contribution in [0.3, 0.4) is 0 Å². The van der Waals surface area contributed by atoms with Gasteiger partial charge in [0, 0.05) is 25.9 Å². The third-order valence-electron chi connectivity index (χ3n) is 10.5. The first-order chi connectivity index (χ1) is 33.0. The molecular weight excluding hydrogens is 1020 g/mol. The molecule has 0 unspecified atom stereocenters. The van der Waals surface area contributed by atoms with Crippen LogP contribution in [0.15, 0.2) is 98.1 Å². The summed E-state index contributed by atoms with van der Waals surface area (Å²) in [6, 6.07) is 22.5. The predicted molar refractivity (Wildman–Crippen MR) is 259 cm³/mol. The van der Waals surface area contributed by atoms with Gasteiger partial charge >= 0.3 is 10.1 Å². The van der Waals surface area contributed by atoms with Crippen LogP contribution < -0.4 is 26.0 Å². The lowest BCUT2D eigenvalue weighted by molar-refractivity contribution is 0.475. The highest BCUT2D eigenvalue weighted by Gasteiger charge is 2.31. The van der Waals surface area contributed by atoms with Crippen LogP contribution in [0.25, 0.3) is 22.6 Å². The van der Waals surface area contributed by atoms with Gasteiger partial charge in [0.25, 0.3) is 10.1 Å². The van der Waals surface area contributed by atoms with Crippen LogP contribution >= 0.6 is 46.4 Å². The van der Waals surface area contributed by atoms with Crippen molar-refractivity contribution in [3.63, 3.8) is 0 Å². The van der Waals surface area contributed by atoms with Crippen molar-refractivity contribution in [3.8, 4) is 23.0 Å². The number of hydrogen-bond donors (Lipinski definition) is 5. The van der Waals surface area contributed by atoms with E-state index >= 15 is 0 Å². The lowest BCUT2D eigenvalue weighted by Crippen LogP contribution is -2.18. The fraction of sp³-hybridized carbons (Fsp3) is 0.182. The van der Waals surface area contributed by atoms with Gasteiger partial charge in [0.15, 0.2) is 27.7 Å². The van der Waals surface area contributed by atoms with Crippen LogP contribution in [-0.2, 0) is 39.5 Å². The molecule has 1 aliphatic carbocycles. The summed E-state index contributed by atoms with van der Waals surface area (Å²) in [5, 5.41) is 8.96. The number of aryl methyl sites for hydroxylation is 3. The van der Waals surface area contributed by atoms with Crippen LogP contribution in [0.1, 0.15) is 41.2 Å². The number of nitrogens with zero attached hydrogens (tertiary/aromatic N) is 8. The monoisotopic (exact) mass is 1050 g/mol. The van der Waals surface area contributed by atoms with Gasteiger partial charge in [0.05, 0.1) is 16.7 Å². The van der Waals surface area contributed by atoms with Gasteiger partial charge in [-0.2, -0.15) is 31.8 Å². The Morgan fingerprint density at radius 2 is 1.51 bits per heavy atom. The normalized spacial score (nSPS) is 12.7. The average Bonchev–Trinajstić information content (AvgIpc) is 3.29. The molecule has 0 saturated carbocycles. The molecule has 69 heavy (non-hydrogen) atoms. The largest absolute Gasteiger partial charge is 0.451 e. The van der Waals surface area contributed by atoms with Crippen LogP contribution in [0.5, 0.6) is 11.5 Å². The van der Waals surface area contributed by atoms with E-state index in [0.717, 1.165) is 11.1 Å². The first-order valence-electron chi connectivity index (χ1n) is 20.7. The summed E-state index contributed by atoms with van der Waals surface area (Å²) in [6.45, 7) is 2.21. The van der Waals surface area contributed by atoms with E-state index in [2.05, 4.69) is 55.8 Å². The second kappa shape index (κ2) is 19.6. The Labute approximate surface area is 413 Å². The summed E-state index contributed by atoms with van der Waals surface area (Å²) in [5.74, 6) is 1.35. The molecular formula is C44H35Cl4N11O8S2. The second-order valence-electron chi connectivity index (χ2n) is 15.5. The van der Waals surface area contributed by atoms with E-state index in [1.165, 1.54) is 24.3 Å². The molecule has 2 aliphatic heterocycles. The third-order valence-corrected chi connectivity index (χ3v) is 13.3. The zero-order valence-electron chi connectivity index (χ0n) is 35.7. The highest BCUT2D eigenvalue weighted by atomic mass is 35.5. The summed E-state index contributed by atoms with van der Waals surface area (Å²) in [6.07, 6.45) is 2.41. The van der Waals surface area contributed by atoms with Gasteiger partial charge in [-0.05, 0) is 102 Å². The third kappa shape index (κ3) is 10.8. The van der Waals surface area contributed by atoms with Gasteiger partial charge in [0.1, 0.15) is 43.5 Å². The molecule has 354 valence electrons. The number of halogens is 4. The Morgan fingerprint density at radius 1 is 0.739 bits per heavy atom. The highest BCUT2D eigenvalue weighted by molar-refractivity contribution is 7.86. The Bertz CT molecular complexity index is 3590. The fourth-order valence-electron chi connectivity index (χ4n) is 7.40. The number of fused-ring (bicyclic) bond motifs is 4. The van der Waals surface area contributed by atoms with E-state index in [0.29, 0.717) is 67.3 Å². The van der Waals surface area contributed by atoms with Gasteiger partial charge in [-0.15, -0.1) is 0 Å². The molecule has 2 aromatic heterocycles. The molecule has 4 aromatic carbocycles. The van der Waals surface area contributed by atoms with E-state index in [1.54, 1.807) is 19.1 Å². The Hall–Kier alpha value is -6.30. The topological polar surface area (TPSA) is 270 Å². The van der Waals surface area contributed by atoms with Gasteiger partial charge in [-0.1, -0.05) is 65.7 Å². The Kier molecular flexibility index (Phi) is 13.6. The van der Waals surface area contributed by atoms with Crippen LogP contribution in [-0.4, -0.2) is 73.9 Å². The molecule has 0 saturated heterocycles. The summed E-state index contributed by atoms with van der Waals surface area (Å²) in [4.78, 5) is 33.5. The molecule has 0 fully saturated rings. The minimum absolute atomic E-state index is 0.0135. The van der Waals surface area contributed by atoms with Crippen molar-refractivity contribution in [1.29, 1.82) is 0 Å². The summed E-state index contributed by atoms with van der Waals surface area (Å²) in [7, 11) is -9.48. The van der Waals surface area contributed by atoms with Crippen LogP contribution in [0.4, 0.5) is 29.0 Å². The van der Waals surface area contributed by atoms with Gasteiger partial charge in [0.2, 0.25) is 22.5 Å². The molecule has 0 spiro atoms. The van der Waals surface area contributed by atoms with Gasteiger partial charge < -0.3 is 25.1 Å². The maximum absolute atomic E-state index is 12.9. The average molecular weight is 1050 g/mol. The fourth-order valence-corrected chi connectivity index (χ4v) is 9.79. The van der Waals surface area contributed by atoms with Crippen LogP contribution in [0, 0.1) is 6.92 Å². The maximum Gasteiger partial charge on any atom is 0.300 e. The Balaban J connectivity index is 0.893. The number of hydrogen-bond acceptors (Lipinski definition) is 17. The van der Waals surface area contributed by atoms with Crippen molar-refractivity contribution < 1.29 is 35.1 Å². The number of aromatic nitrogens is 7. The van der Waals surface area contributed by atoms with Gasteiger partial charge in [-0.25, -0.2) is 19.9 Å². The predicted octanol–water partition coefficient (Wildman–Crippen LogP) is 9.48. The molecule has 0 radical (unpaired) electrons. The molecule has 9 rings (SSSR count). The number of anilines is 5. The maximum atomic E-state index is 12.9. The molecule has 25 heteroatoms. The summed E-state index contributed by atoms with van der Waals surface area (Å²) < 4.78 is 82.5. The van der Waals surface area contributed by atoms with Crippen molar-refractivity contribution in [2.45, 2.75) is 48.8 Å². The second-order valence-corrected chi connectivity index (χ2v) is 19.7. The van der Waals surface area contributed by atoms with Crippen molar-refractivity contribution in [2.24, 2.45) is 4.99 Å². The minimum Gasteiger partial charge on any atom is -0.451 e. The minimum atomic E-state index is -4.93. The summed E-state index contributed by atoms with van der Waals surface area (Å²) in [5.41, 5.74) is 3.41. The Morgan fingerprint density at radius 3 is 2.29 bits per heavy atom. The standard InChI is InChI=1S/C44H35Cl4N11O8S2/c1-22-11-13-26(30(19-22)68(60,61)62)53-44-58-42(48)57-43(59-44)50-18-5-9-24-12-14-25-29(20-24)66-38-33(45)36-39(34(46)35(38)51-25)67-37-27(52-36)15-16-28(40(37)69(63,64)65)49-17-6-10-31-54-32(56-41(47)55-31)21-23-7-3-2-4-8-23/h2-4,7-8,11-16,19-20,51H,5-6,9-10,17-18,21H2,1H3,(H,60,61,62)(H,63,64,65)(H2,50,53,57,58,59). The van der Waals surface area contributed by atoms with E-state index in [9.17, 15) is 25.9 Å². The van der Waals surface area contributed by atoms with Crippen molar-refractivity contribution in [1.82, 2.24) is 34.9 Å².